The number of para-hydroxylation sites is 2. The van der Waals surface area contributed by atoms with Crippen LogP contribution in [0, 0.1) is 6.92 Å². The zero-order chi connectivity index (χ0) is 15.4. The first-order valence-corrected chi connectivity index (χ1v) is 8.04. The summed E-state index contributed by atoms with van der Waals surface area (Å²) in [4.78, 5) is 16.3. The molecule has 0 bridgehead atoms. The molecule has 0 unspecified atom stereocenters. The molecule has 1 N–H and O–H groups in total. The largest absolute Gasteiger partial charge is 0.431 e. The summed E-state index contributed by atoms with van der Waals surface area (Å²) in [5, 5.41) is 3.49. The van der Waals surface area contributed by atoms with E-state index in [1.165, 1.54) is 11.8 Å². The summed E-state index contributed by atoms with van der Waals surface area (Å²) in [6.45, 7) is 2.00. The number of benzene rings is 2. The van der Waals surface area contributed by atoms with Crippen LogP contribution < -0.4 is 5.32 Å². The summed E-state index contributed by atoms with van der Waals surface area (Å²) in [5.41, 5.74) is 3.57. The summed E-state index contributed by atoms with van der Waals surface area (Å²) in [6, 6.07) is 15.4. The van der Waals surface area contributed by atoms with Crippen LogP contribution in [0.5, 0.6) is 0 Å². The summed E-state index contributed by atoms with van der Waals surface area (Å²) in [6.07, 6.45) is 0.414. The number of amides is 1. The Morgan fingerprint density at radius 1 is 1.23 bits per heavy atom. The first kappa shape index (κ1) is 14.7. The molecule has 1 amide bonds. The number of hydrogen-bond donors (Lipinski definition) is 1. The molecule has 4 nitrogen and oxygen atoms in total. The van der Waals surface area contributed by atoms with Crippen molar-refractivity contribution in [3.8, 4) is 0 Å². The van der Waals surface area contributed by atoms with Gasteiger partial charge in [-0.25, -0.2) is 4.98 Å². The fraction of sp³-hybridized carbons (Fsp3) is 0.176. The minimum absolute atomic E-state index is 0.00536. The molecule has 0 saturated heterocycles. The molecular formula is C17H16N2O2S. The molecule has 0 spiro atoms. The molecule has 0 aliphatic rings. The van der Waals surface area contributed by atoms with Crippen LogP contribution >= 0.6 is 11.8 Å². The second-order valence-electron chi connectivity index (χ2n) is 4.96. The SMILES string of the molecule is Cc1cccc(NC(=O)CCSc2nc3ccccc3o2)c1. The number of nitrogens with zero attached hydrogens (tertiary/aromatic N) is 1. The number of oxazole rings is 1. The Kier molecular flexibility index (Phi) is 4.44. The van der Waals surface area contributed by atoms with Gasteiger partial charge in [-0.2, -0.15) is 0 Å². The normalized spacial score (nSPS) is 10.8. The quantitative estimate of drug-likeness (QED) is 0.715. The molecule has 0 atom stereocenters. The van der Waals surface area contributed by atoms with Crippen molar-refractivity contribution in [3.63, 3.8) is 0 Å². The number of carbonyl (C=O) groups is 1. The number of thioether (sulfide) groups is 1. The molecule has 1 heterocycles. The number of aryl methyl sites for hydroxylation is 1. The van der Waals surface area contributed by atoms with Crippen molar-refractivity contribution in [2.75, 3.05) is 11.1 Å². The highest BCUT2D eigenvalue weighted by Gasteiger charge is 2.07. The molecule has 0 aliphatic carbocycles. The van der Waals surface area contributed by atoms with Crippen LogP contribution in [0.3, 0.4) is 0 Å². The molecule has 3 aromatic rings. The van der Waals surface area contributed by atoms with Gasteiger partial charge in [0, 0.05) is 17.9 Å². The van der Waals surface area contributed by atoms with E-state index in [4.69, 9.17) is 4.42 Å². The predicted octanol–water partition coefficient (Wildman–Crippen LogP) is 4.26. The summed E-state index contributed by atoms with van der Waals surface area (Å²) in [5.74, 6) is 0.624. The number of fused-ring (bicyclic) bond motifs is 1. The van der Waals surface area contributed by atoms with Crippen LogP contribution in [-0.4, -0.2) is 16.6 Å². The molecule has 1 aromatic heterocycles. The molecule has 3 rings (SSSR count). The lowest BCUT2D eigenvalue weighted by atomic mass is 10.2. The average Bonchev–Trinajstić information content (AvgIpc) is 2.90. The van der Waals surface area contributed by atoms with Crippen molar-refractivity contribution >= 4 is 34.5 Å². The van der Waals surface area contributed by atoms with E-state index in [0.29, 0.717) is 17.4 Å². The van der Waals surface area contributed by atoms with Crippen molar-refractivity contribution in [2.45, 2.75) is 18.6 Å². The van der Waals surface area contributed by atoms with Gasteiger partial charge in [-0.15, -0.1) is 0 Å². The summed E-state index contributed by atoms with van der Waals surface area (Å²) in [7, 11) is 0. The minimum atomic E-state index is -0.00536. The van der Waals surface area contributed by atoms with E-state index in [0.717, 1.165) is 22.4 Å². The highest BCUT2D eigenvalue weighted by Crippen LogP contribution is 2.23. The number of nitrogens with one attached hydrogen (secondary N) is 1. The third kappa shape index (κ3) is 3.68. The number of carbonyl (C=O) groups excluding carboxylic acids is 1. The Morgan fingerprint density at radius 3 is 2.91 bits per heavy atom. The second-order valence-corrected chi connectivity index (χ2v) is 6.01. The van der Waals surface area contributed by atoms with E-state index in [-0.39, 0.29) is 5.91 Å². The lowest BCUT2D eigenvalue weighted by Crippen LogP contribution is -2.12. The van der Waals surface area contributed by atoms with Crippen molar-refractivity contribution in [1.29, 1.82) is 0 Å². The van der Waals surface area contributed by atoms with Gasteiger partial charge in [0.25, 0.3) is 5.22 Å². The van der Waals surface area contributed by atoms with Gasteiger partial charge in [0.05, 0.1) is 0 Å². The Morgan fingerprint density at radius 2 is 2.09 bits per heavy atom. The van der Waals surface area contributed by atoms with Gasteiger partial charge in [-0.3, -0.25) is 4.79 Å². The predicted molar refractivity (Wildman–Crippen MR) is 89.2 cm³/mol. The molecule has 112 valence electrons. The van der Waals surface area contributed by atoms with Crippen LogP contribution in [0.15, 0.2) is 58.2 Å². The topological polar surface area (TPSA) is 55.1 Å². The molecule has 0 aliphatic heterocycles. The molecule has 5 heteroatoms. The van der Waals surface area contributed by atoms with E-state index in [2.05, 4.69) is 10.3 Å². The van der Waals surface area contributed by atoms with Crippen molar-refractivity contribution in [1.82, 2.24) is 4.98 Å². The van der Waals surface area contributed by atoms with Crippen molar-refractivity contribution in [2.24, 2.45) is 0 Å². The number of rotatable bonds is 5. The Balaban J connectivity index is 1.51. The van der Waals surface area contributed by atoms with Gasteiger partial charge in [0.2, 0.25) is 5.91 Å². The maximum Gasteiger partial charge on any atom is 0.256 e. The van der Waals surface area contributed by atoms with Gasteiger partial charge in [-0.1, -0.05) is 36.0 Å². The lowest BCUT2D eigenvalue weighted by Gasteiger charge is -2.05. The Labute approximate surface area is 132 Å². The molecular weight excluding hydrogens is 296 g/mol. The van der Waals surface area contributed by atoms with Crippen LogP contribution in [0.4, 0.5) is 5.69 Å². The van der Waals surface area contributed by atoms with E-state index >= 15 is 0 Å². The standard InChI is InChI=1S/C17H16N2O2S/c1-12-5-4-6-13(11-12)18-16(20)9-10-22-17-19-14-7-2-3-8-15(14)21-17/h2-8,11H,9-10H2,1H3,(H,18,20). The van der Waals surface area contributed by atoms with E-state index in [1.807, 2.05) is 55.5 Å². The number of hydrogen-bond acceptors (Lipinski definition) is 4. The van der Waals surface area contributed by atoms with Crippen LogP contribution in [0.25, 0.3) is 11.1 Å². The van der Waals surface area contributed by atoms with Gasteiger partial charge in [0.15, 0.2) is 5.58 Å². The monoisotopic (exact) mass is 312 g/mol. The van der Waals surface area contributed by atoms with Gasteiger partial charge < -0.3 is 9.73 Å². The Hall–Kier alpha value is -2.27. The average molecular weight is 312 g/mol. The summed E-state index contributed by atoms with van der Waals surface area (Å²) >= 11 is 1.45. The molecule has 0 saturated carbocycles. The highest BCUT2D eigenvalue weighted by molar-refractivity contribution is 7.99. The molecule has 0 fully saturated rings. The fourth-order valence-corrected chi connectivity index (χ4v) is 2.86. The third-order valence-electron chi connectivity index (χ3n) is 3.13. The third-order valence-corrected chi connectivity index (χ3v) is 3.96. The maximum absolute atomic E-state index is 11.9. The second kappa shape index (κ2) is 6.66. The van der Waals surface area contributed by atoms with Gasteiger partial charge >= 0.3 is 0 Å². The van der Waals surface area contributed by atoms with Gasteiger partial charge in [-0.05, 0) is 36.8 Å². The molecule has 2 aromatic carbocycles. The van der Waals surface area contributed by atoms with E-state index in [9.17, 15) is 4.79 Å². The summed E-state index contributed by atoms with van der Waals surface area (Å²) < 4.78 is 5.60. The van der Waals surface area contributed by atoms with Crippen molar-refractivity contribution < 1.29 is 9.21 Å². The fourth-order valence-electron chi connectivity index (χ4n) is 2.09. The lowest BCUT2D eigenvalue weighted by molar-refractivity contribution is -0.115. The zero-order valence-corrected chi connectivity index (χ0v) is 13.0. The highest BCUT2D eigenvalue weighted by atomic mass is 32.2. The molecule has 22 heavy (non-hydrogen) atoms. The van der Waals surface area contributed by atoms with Gasteiger partial charge in [0.1, 0.15) is 5.52 Å². The first-order valence-electron chi connectivity index (χ1n) is 7.05. The van der Waals surface area contributed by atoms with Crippen LogP contribution in [0.1, 0.15) is 12.0 Å². The van der Waals surface area contributed by atoms with Crippen LogP contribution in [-0.2, 0) is 4.79 Å². The van der Waals surface area contributed by atoms with Crippen molar-refractivity contribution in [3.05, 3.63) is 54.1 Å². The maximum atomic E-state index is 11.9. The van der Waals surface area contributed by atoms with Crippen LogP contribution in [0.2, 0.25) is 0 Å². The number of anilines is 1. The zero-order valence-electron chi connectivity index (χ0n) is 12.2. The number of aromatic nitrogens is 1. The smallest absolute Gasteiger partial charge is 0.256 e. The minimum Gasteiger partial charge on any atom is -0.431 e. The van der Waals surface area contributed by atoms with E-state index in [1.54, 1.807) is 0 Å². The Bertz CT molecular complexity index is 765. The first-order chi connectivity index (χ1) is 10.7. The van der Waals surface area contributed by atoms with E-state index < -0.39 is 0 Å². The molecule has 0 radical (unpaired) electrons.